The van der Waals surface area contributed by atoms with E-state index in [1.165, 1.54) is 11.3 Å². The summed E-state index contributed by atoms with van der Waals surface area (Å²) in [6.07, 6.45) is 1.99. The fraction of sp³-hybridized carbons (Fsp3) is 0.462. The number of aliphatic carboxylic acids is 1. The molecule has 0 saturated heterocycles. The molecule has 2 rings (SSSR count). The Morgan fingerprint density at radius 2 is 2.24 bits per heavy atom. The van der Waals surface area contributed by atoms with Crippen LogP contribution in [0.3, 0.4) is 0 Å². The summed E-state index contributed by atoms with van der Waals surface area (Å²) < 4.78 is 1.47. The Morgan fingerprint density at radius 3 is 2.86 bits per heavy atom. The molecule has 5 nitrogen and oxygen atoms in total. The van der Waals surface area contributed by atoms with Gasteiger partial charge in [-0.05, 0) is 31.5 Å². The minimum Gasteiger partial charge on any atom is -0.481 e. The third-order valence-corrected chi connectivity index (χ3v) is 5.97. The van der Waals surface area contributed by atoms with Gasteiger partial charge in [0.2, 0.25) is 0 Å². The van der Waals surface area contributed by atoms with Crippen molar-refractivity contribution in [1.82, 2.24) is 9.55 Å². The summed E-state index contributed by atoms with van der Waals surface area (Å²) in [5, 5.41) is 11.7. The van der Waals surface area contributed by atoms with E-state index in [0.717, 1.165) is 11.8 Å². The monoisotopic (exact) mass is 344 g/mol. The minimum atomic E-state index is -0.920. The molecule has 0 aliphatic carbocycles. The second kappa shape index (κ2) is 6.41. The van der Waals surface area contributed by atoms with E-state index in [2.05, 4.69) is 4.98 Å². The van der Waals surface area contributed by atoms with Crippen LogP contribution in [0, 0.1) is 0 Å². The number of carboxylic acid groups (broad SMARTS) is 1. The number of nitrogens with zero attached hydrogens (tertiary/aromatic N) is 2. The van der Waals surface area contributed by atoms with Crippen LogP contribution in [-0.2, 0) is 11.3 Å². The molecule has 0 unspecified atom stereocenters. The second-order valence-electron chi connectivity index (χ2n) is 5.07. The van der Waals surface area contributed by atoms with Crippen LogP contribution < -0.4 is 5.56 Å². The van der Waals surface area contributed by atoms with Gasteiger partial charge in [-0.1, -0.05) is 11.8 Å². The topological polar surface area (TPSA) is 72.2 Å². The molecular weight excluding hydrogens is 328 g/mol. The zero-order valence-electron chi connectivity index (χ0n) is 12.0. The smallest absolute Gasteiger partial charge is 0.313 e. The molecule has 0 spiro atoms. The number of fused-ring (bicyclic) bond motifs is 1. The lowest BCUT2D eigenvalue weighted by Crippen LogP contribution is -2.32. The Kier molecular flexibility index (Phi) is 5.00. The number of thioether (sulfide) groups is 2. The standard InChI is InChI=1S/C13H16N2O3S3/c1-13(2,19-3)7-15-11(18)8-4-5-20-10(8)14-12(15)21-6-9(16)17/h4-5H,6-7H2,1-3H3,(H,16,17). The number of hydrogen-bond acceptors (Lipinski definition) is 6. The first-order valence-electron chi connectivity index (χ1n) is 6.22. The molecule has 8 heteroatoms. The average Bonchev–Trinajstić information content (AvgIpc) is 2.88. The van der Waals surface area contributed by atoms with E-state index in [4.69, 9.17) is 5.11 Å². The molecule has 0 bridgehead atoms. The van der Waals surface area contributed by atoms with E-state index in [1.54, 1.807) is 22.4 Å². The third-order valence-electron chi connectivity index (χ3n) is 2.96. The van der Waals surface area contributed by atoms with Crippen molar-refractivity contribution in [3.05, 3.63) is 21.8 Å². The summed E-state index contributed by atoms with van der Waals surface area (Å²) in [6.45, 7) is 4.59. The van der Waals surface area contributed by atoms with Gasteiger partial charge in [0.1, 0.15) is 4.83 Å². The SMILES string of the molecule is CSC(C)(C)Cn1c(SCC(=O)O)nc2sccc2c1=O. The van der Waals surface area contributed by atoms with Gasteiger partial charge in [-0.2, -0.15) is 11.8 Å². The van der Waals surface area contributed by atoms with Gasteiger partial charge in [0.15, 0.2) is 5.16 Å². The molecule has 0 aliphatic rings. The first-order valence-corrected chi connectivity index (χ1v) is 9.31. The minimum absolute atomic E-state index is 0.101. The molecule has 1 N–H and O–H groups in total. The molecule has 21 heavy (non-hydrogen) atoms. The average molecular weight is 344 g/mol. The molecule has 2 heterocycles. The molecule has 0 aliphatic heterocycles. The largest absolute Gasteiger partial charge is 0.481 e. The highest BCUT2D eigenvalue weighted by Crippen LogP contribution is 2.27. The molecule has 2 aromatic heterocycles. The Labute approximate surface area is 134 Å². The molecule has 2 aromatic rings. The van der Waals surface area contributed by atoms with Gasteiger partial charge in [-0.25, -0.2) is 4.98 Å². The van der Waals surface area contributed by atoms with Crippen LogP contribution in [0.1, 0.15) is 13.8 Å². The van der Waals surface area contributed by atoms with Crippen molar-refractivity contribution in [2.45, 2.75) is 30.3 Å². The number of carboxylic acids is 1. The summed E-state index contributed by atoms with van der Waals surface area (Å²) in [4.78, 5) is 28.5. The van der Waals surface area contributed by atoms with Gasteiger partial charge in [-0.3, -0.25) is 14.2 Å². The lowest BCUT2D eigenvalue weighted by Gasteiger charge is -2.24. The highest BCUT2D eigenvalue weighted by Gasteiger charge is 2.22. The summed E-state index contributed by atoms with van der Waals surface area (Å²) in [7, 11) is 0. The lowest BCUT2D eigenvalue weighted by atomic mass is 10.2. The second-order valence-corrected chi connectivity index (χ2v) is 8.42. The van der Waals surface area contributed by atoms with Crippen molar-refractivity contribution >= 4 is 51.0 Å². The molecular formula is C13H16N2O3S3. The van der Waals surface area contributed by atoms with Gasteiger partial charge in [-0.15, -0.1) is 11.3 Å². The maximum absolute atomic E-state index is 12.6. The number of thiophene rings is 1. The van der Waals surface area contributed by atoms with Crippen molar-refractivity contribution in [3.8, 4) is 0 Å². The predicted molar refractivity (Wildman–Crippen MR) is 89.8 cm³/mol. The van der Waals surface area contributed by atoms with Gasteiger partial charge in [0, 0.05) is 11.3 Å². The van der Waals surface area contributed by atoms with Gasteiger partial charge in [0.05, 0.1) is 11.1 Å². The summed E-state index contributed by atoms with van der Waals surface area (Å²) in [6, 6.07) is 1.77. The van der Waals surface area contributed by atoms with Crippen LogP contribution in [0.5, 0.6) is 0 Å². The van der Waals surface area contributed by atoms with Crippen LogP contribution >= 0.6 is 34.9 Å². The van der Waals surface area contributed by atoms with E-state index < -0.39 is 5.97 Å². The van der Waals surface area contributed by atoms with Crippen molar-refractivity contribution in [3.63, 3.8) is 0 Å². The number of carbonyl (C=O) groups is 1. The molecule has 0 radical (unpaired) electrons. The summed E-state index contributed by atoms with van der Waals surface area (Å²) in [5.74, 6) is -1.03. The first-order chi connectivity index (χ1) is 9.84. The Morgan fingerprint density at radius 1 is 1.52 bits per heavy atom. The van der Waals surface area contributed by atoms with Gasteiger partial charge in [0.25, 0.3) is 5.56 Å². The lowest BCUT2D eigenvalue weighted by molar-refractivity contribution is -0.133. The van der Waals surface area contributed by atoms with Crippen LogP contribution in [0.25, 0.3) is 10.2 Å². The highest BCUT2D eigenvalue weighted by atomic mass is 32.2. The molecule has 0 atom stereocenters. The Balaban J connectivity index is 2.52. The maximum Gasteiger partial charge on any atom is 0.313 e. The van der Waals surface area contributed by atoms with Crippen molar-refractivity contribution < 1.29 is 9.90 Å². The van der Waals surface area contributed by atoms with Crippen LogP contribution in [0.15, 0.2) is 21.4 Å². The Bertz CT molecular complexity index is 721. The summed E-state index contributed by atoms with van der Waals surface area (Å²) >= 11 is 4.14. The number of aromatic nitrogens is 2. The zero-order valence-corrected chi connectivity index (χ0v) is 14.4. The quantitative estimate of drug-likeness (QED) is 0.642. The number of hydrogen-bond donors (Lipinski definition) is 1. The third kappa shape index (κ3) is 3.81. The van der Waals surface area contributed by atoms with E-state index in [1.807, 2.05) is 25.5 Å². The van der Waals surface area contributed by atoms with Crippen LogP contribution in [0.2, 0.25) is 0 Å². The van der Waals surface area contributed by atoms with E-state index in [0.29, 0.717) is 21.9 Å². The van der Waals surface area contributed by atoms with Gasteiger partial charge < -0.3 is 5.11 Å². The fourth-order valence-corrected chi connectivity index (χ4v) is 3.53. The molecule has 0 aromatic carbocycles. The Hall–Kier alpha value is -0.990. The van der Waals surface area contributed by atoms with E-state index in [-0.39, 0.29) is 16.1 Å². The fourth-order valence-electron chi connectivity index (χ4n) is 1.75. The van der Waals surface area contributed by atoms with Crippen molar-refractivity contribution in [2.75, 3.05) is 12.0 Å². The van der Waals surface area contributed by atoms with Gasteiger partial charge >= 0.3 is 5.97 Å². The normalized spacial score (nSPS) is 12.0. The maximum atomic E-state index is 12.6. The van der Waals surface area contributed by atoms with Crippen molar-refractivity contribution in [1.29, 1.82) is 0 Å². The summed E-state index contributed by atoms with van der Waals surface area (Å²) in [5.41, 5.74) is -0.101. The highest BCUT2D eigenvalue weighted by molar-refractivity contribution is 8.00. The molecule has 0 amide bonds. The van der Waals surface area contributed by atoms with E-state index >= 15 is 0 Å². The van der Waals surface area contributed by atoms with Crippen LogP contribution in [-0.4, -0.2) is 37.4 Å². The van der Waals surface area contributed by atoms with Crippen LogP contribution in [0.4, 0.5) is 0 Å². The molecule has 0 fully saturated rings. The zero-order chi connectivity index (χ0) is 15.6. The number of rotatable bonds is 6. The van der Waals surface area contributed by atoms with E-state index in [9.17, 15) is 9.59 Å². The van der Waals surface area contributed by atoms with Crippen molar-refractivity contribution in [2.24, 2.45) is 0 Å². The molecule has 0 saturated carbocycles. The predicted octanol–water partition coefficient (Wildman–Crippen LogP) is 2.78. The first kappa shape index (κ1) is 16.4. The molecule has 114 valence electrons.